The molecule has 2 amide bonds. The number of nitrogens with zero attached hydrogens (tertiary/aromatic N) is 3. The number of phenols is 1. The van der Waals surface area contributed by atoms with Gasteiger partial charge in [0, 0.05) is 31.3 Å². The number of nitrogens with one attached hydrogen (secondary N) is 1. The zero-order chi connectivity index (χ0) is 31.0. The fourth-order valence-electron chi connectivity index (χ4n) is 7.25. The van der Waals surface area contributed by atoms with Gasteiger partial charge in [-0.1, -0.05) is 0 Å². The maximum Gasteiger partial charge on any atom is 0.255 e. The minimum Gasteiger partial charge on any atom is -0.510 e. The number of rotatable bonds is 5. The van der Waals surface area contributed by atoms with Crippen LogP contribution in [-0.4, -0.2) is 113 Å². The third-order valence-electron chi connectivity index (χ3n) is 9.26. The first-order chi connectivity index (χ1) is 19.6. The van der Waals surface area contributed by atoms with Gasteiger partial charge in [0.1, 0.15) is 17.1 Å². The van der Waals surface area contributed by atoms with E-state index in [2.05, 4.69) is 5.32 Å². The van der Waals surface area contributed by atoms with Crippen LogP contribution in [0.1, 0.15) is 35.2 Å². The lowest BCUT2D eigenvalue weighted by Gasteiger charge is -2.50. The molecule has 0 radical (unpaired) electrons. The quantitative estimate of drug-likeness (QED) is 0.205. The molecule has 0 spiro atoms. The lowest BCUT2D eigenvalue weighted by atomic mass is 9.58. The molecule has 1 fully saturated rings. The van der Waals surface area contributed by atoms with Gasteiger partial charge in [-0.25, -0.2) is 0 Å². The Morgan fingerprint density at radius 3 is 2.36 bits per heavy atom. The number of fused-ring (bicyclic) bond motifs is 3. The summed E-state index contributed by atoms with van der Waals surface area (Å²) in [5.74, 6) is -7.56. The van der Waals surface area contributed by atoms with Gasteiger partial charge in [-0.2, -0.15) is 0 Å². The van der Waals surface area contributed by atoms with Crippen molar-refractivity contribution in [2.75, 3.05) is 52.0 Å². The van der Waals surface area contributed by atoms with E-state index in [1.54, 1.807) is 39.2 Å². The van der Waals surface area contributed by atoms with Crippen molar-refractivity contribution in [2.45, 2.75) is 43.4 Å². The summed E-state index contributed by atoms with van der Waals surface area (Å²) in [6.07, 6.45) is 1.64. The molecule has 1 saturated heterocycles. The number of anilines is 2. The zero-order valence-corrected chi connectivity index (χ0v) is 24.3. The van der Waals surface area contributed by atoms with Gasteiger partial charge in [0.2, 0.25) is 11.7 Å². The van der Waals surface area contributed by atoms with E-state index in [0.29, 0.717) is 17.7 Å². The maximum absolute atomic E-state index is 14.1. The fraction of sp³-hybridized carbons (Fsp3) is 0.517. The van der Waals surface area contributed by atoms with Crippen LogP contribution in [0.2, 0.25) is 0 Å². The van der Waals surface area contributed by atoms with Gasteiger partial charge in [0.05, 0.1) is 23.3 Å². The van der Waals surface area contributed by atoms with Crippen LogP contribution in [0.3, 0.4) is 0 Å². The first-order valence-corrected chi connectivity index (χ1v) is 13.8. The standard InChI is InChI=1S/C29H37N5O8/c1-32(2)17-11-15(31-28(41)16-7-6-8-34(16)5)22(35)19-13(17)9-12-10-14-21(33(3)4)24(37)20(27(30)40)26(39)29(14,42)25(38)18(12)23(19)36/h11-12,14,16,21,35,37-38,42H,6-10H2,1-5H3,(H2,30,40)(H,31,41)/t12-,14-,16-,21-,29-/m0/s1. The molecule has 7 N–H and O–H groups in total. The Labute approximate surface area is 242 Å². The van der Waals surface area contributed by atoms with Gasteiger partial charge in [-0.05, 0) is 70.9 Å². The summed E-state index contributed by atoms with van der Waals surface area (Å²) in [5.41, 5.74) is 2.46. The minimum absolute atomic E-state index is 0.00804. The number of Topliss-reactive ketones (excluding diaryl/α,β-unsaturated/α-hetero) is 2. The van der Waals surface area contributed by atoms with E-state index in [1.807, 2.05) is 11.9 Å². The van der Waals surface area contributed by atoms with Gasteiger partial charge >= 0.3 is 0 Å². The Hall–Kier alpha value is -3.94. The number of ketones is 2. The predicted molar refractivity (Wildman–Crippen MR) is 152 cm³/mol. The normalized spacial score (nSPS) is 29.4. The van der Waals surface area contributed by atoms with Gasteiger partial charge in [0.25, 0.3) is 5.91 Å². The Balaban J connectivity index is 1.66. The molecule has 42 heavy (non-hydrogen) atoms. The second-order valence-electron chi connectivity index (χ2n) is 12.1. The number of amides is 2. The summed E-state index contributed by atoms with van der Waals surface area (Å²) >= 11 is 0. The highest BCUT2D eigenvalue weighted by Crippen LogP contribution is 2.54. The van der Waals surface area contributed by atoms with E-state index in [-0.39, 0.29) is 35.6 Å². The van der Waals surface area contributed by atoms with E-state index in [0.717, 1.165) is 13.0 Å². The summed E-state index contributed by atoms with van der Waals surface area (Å²) in [5, 5.41) is 48.3. The van der Waals surface area contributed by atoms with Crippen LogP contribution >= 0.6 is 0 Å². The molecule has 226 valence electrons. The number of likely N-dealkylation sites (tertiary alicyclic amines) is 1. The number of benzene rings is 1. The van der Waals surface area contributed by atoms with Gasteiger partial charge < -0.3 is 36.4 Å². The number of carbonyl (C=O) groups is 4. The molecule has 0 saturated carbocycles. The van der Waals surface area contributed by atoms with E-state index in [1.165, 1.54) is 4.90 Å². The van der Waals surface area contributed by atoms with Crippen LogP contribution in [0.4, 0.5) is 11.4 Å². The van der Waals surface area contributed by atoms with Crippen molar-refractivity contribution in [1.29, 1.82) is 0 Å². The number of hydrogen-bond donors (Lipinski definition) is 6. The lowest BCUT2D eigenvalue weighted by Crippen LogP contribution is -2.63. The van der Waals surface area contributed by atoms with Crippen molar-refractivity contribution < 1.29 is 39.6 Å². The number of carbonyl (C=O) groups excluding carboxylic acids is 4. The molecule has 0 bridgehead atoms. The maximum atomic E-state index is 14.1. The Bertz CT molecular complexity index is 1480. The average molecular weight is 584 g/mol. The molecule has 1 aromatic rings. The van der Waals surface area contributed by atoms with Gasteiger partial charge in [0.15, 0.2) is 17.1 Å². The summed E-state index contributed by atoms with van der Waals surface area (Å²) in [4.78, 5) is 58.0. The van der Waals surface area contributed by atoms with Gasteiger partial charge in [-0.3, -0.25) is 29.0 Å². The van der Waals surface area contributed by atoms with Crippen LogP contribution in [0.15, 0.2) is 28.7 Å². The number of phenolic OH excluding ortho intramolecular Hbond substituents is 1. The average Bonchev–Trinajstić information content (AvgIpc) is 3.33. The molecule has 5 atom stereocenters. The molecule has 1 heterocycles. The number of aliphatic hydroxyl groups is 3. The van der Waals surface area contributed by atoms with Crippen molar-refractivity contribution in [1.82, 2.24) is 9.80 Å². The van der Waals surface area contributed by atoms with Crippen LogP contribution in [0.5, 0.6) is 5.75 Å². The van der Waals surface area contributed by atoms with Crippen LogP contribution in [-0.2, 0) is 20.8 Å². The highest BCUT2D eigenvalue weighted by molar-refractivity contribution is 6.25. The number of aromatic hydroxyl groups is 1. The van der Waals surface area contributed by atoms with Crippen molar-refractivity contribution in [3.63, 3.8) is 0 Å². The topological polar surface area (TPSA) is 197 Å². The lowest BCUT2D eigenvalue weighted by molar-refractivity contribution is -0.148. The van der Waals surface area contributed by atoms with E-state index in [4.69, 9.17) is 5.73 Å². The molecule has 5 rings (SSSR count). The molecule has 0 unspecified atom stereocenters. The van der Waals surface area contributed by atoms with Crippen molar-refractivity contribution in [3.8, 4) is 5.75 Å². The number of allylic oxidation sites excluding steroid dienone is 1. The second-order valence-corrected chi connectivity index (χ2v) is 12.1. The molecule has 13 heteroatoms. The molecular formula is C29H37N5O8. The smallest absolute Gasteiger partial charge is 0.255 e. The molecule has 1 aromatic carbocycles. The first kappa shape index (κ1) is 29.5. The van der Waals surface area contributed by atoms with Crippen molar-refractivity contribution >= 4 is 34.8 Å². The number of likely N-dealkylation sites (N-methyl/N-ethyl adjacent to an activating group) is 2. The van der Waals surface area contributed by atoms with E-state index in [9.17, 15) is 39.6 Å². The molecule has 0 aromatic heterocycles. The number of aliphatic hydroxyl groups excluding tert-OH is 2. The van der Waals surface area contributed by atoms with Gasteiger partial charge in [-0.15, -0.1) is 0 Å². The number of primary amides is 1. The zero-order valence-electron chi connectivity index (χ0n) is 24.3. The monoisotopic (exact) mass is 583 g/mol. The molecule has 1 aliphatic heterocycles. The molecule has 4 aliphatic rings. The second kappa shape index (κ2) is 10.1. The Morgan fingerprint density at radius 2 is 1.81 bits per heavy atom. The summed E-state index contributed by atoms with van der Waals surface area (Å²) in [6.45, 7) is 0.756. The third kappa shape index (κ3) is 4.09. The highest BCUT2D eigenvalue weighted by Gasteiger charge is 2.63. The van der Waals surface area contributed by atoms with E-state index >= 15 is 0 Å². The van der Waals surface area contributed by atoms with Crippen LogP contribution < -0.4 is 16.0 Å². The summed E-state index contributed by atoms with van der Waals surface area (Å²) in [7, 11) is 8.50. The molecule has 3 aliphatic carbocycles. The molecule has 13 nitrogen and oxygen atoms in total. The molecular weight excluding hydrogens is 546 g/mol. The predicted octanol–water partition coefficient (Wildman–Crippen LogP) is 0.219. The van der Waals surface area contributed by atoms with Crippen LogP contribution in [0, 0.1) is 11.8 Å². The fourth-order valence-corrected chi connectivity index (χ4v) is 7.25. The highest BCUT2D eigenvalue weighted by atomic mass is 16.3. The van der Waals surface area contributed by atoms with Crippen LogP contribution in [0.25, 0.3) is 0 Å². The van der Waals surface area contributed by atoms with E-state index < -0.39 is 69.8 Å². The Kier molecular flexibility index (Phi) is 7.11. The minimum atomic E-state index is -2.72. The summed E-state index contributed by atoms with van der Waals surface area (Å²) in [6, 6.07) is 0.136. The van der Waals surface area contributed by atoms with Crippen molar-refractivity contribution in [2.24, 2.45) is 17.6 Å². The third-order valence-corrected chi connectivity index (χ3v) is 9.26. The largest absolute Gasteiger partial charge is 0.510 e. The van der Waals surface area contributed by atoms with Crippen molar-refractivity contribution in [3.05, 3.63) is 39.9 Å². The number of nitrogens with two attached hydrogens (primary N) is 1. The SMILES string of the molecule is CN(C)c1cc(NC(=O)[C@@H]2CCCN2C)c(O)c2c1C[C@H]1C[C@H]3[C@H](N(C)C)C(O)=C(C(N)=O)C(=O)[C@@]3(O)C(O)=C1C2=O. The number of hydrogen-bond acceptors (Lipinski definition) is 11. The summed E-state index contributed by atoms with van der Waals surface area (Å²) < 4.78 is 0. The Morgan fingerprint density at radius 1 is 1.14 bits per heavy atom. The first-order valence-electron chi connectivity index (χ1n) is 13.8.